The van der Waals surface area contributed by atoms with Crippen molar-refractivity contribution in [3.63, 3.8) is 0 Å². The van der Waals surface area contributed by atoms with Crippen molar-refractivity contribution in [3.05, 3.63) is 29.0 Å². The second-order valence-electron chi connectivity index (χ2n) is 1.65. The Morgan fingerprint density at radius 3 is 2.73 bits per heavy atom. The molecule has 0 aliphatic heterocycles. The maximum absolute atomic E-state index is 10.3. The number of hydrogen-bond donors (Lipinski definition) is 1. The van der Waals surface area contributed by atoms with Gasteiger partial charge in [-0.2, -0.15) is 0 Å². The van der Waals surface area contributed by atoms with E-state index < -0.39 is 5.97 Å². The van der Waals surface area contributed by atoms with Crippen molar-refractivity contribution in [1.29, 1.82) is 0 Å². The molecule has 0 aliphatic rings. The predicted octanol–water partition coefficient (Wildman–Crippen LogP) is -1.45. The van der Waals surface area contributed by atoms with Gasteiger partial charge in [0.2, 0.25) is 0 Å². The van der Waals surface area contributed by atoms with E-state index in [-0.39, 0.29) is 41.7 Å². The third-order valence-electron chi connectivity index (χ3n) is 0.989. The van der Waals surface area contributed by atoms with Gasteiger partial charge in [0, 0.05) is 6.20 Å². The molecule has 1 heterocycles. The van der Waals surface area contributed by atoms with E-state index in [0.29, 0.717) is 0 Å². The normalized spacial score (nSPS) is 8.45. The van der Waals surface area contributed by atoms with Crippen LogP contribution in [-0.4, -0.2) is 16.1 Å². The molecule has 0 spiro atoms. The summed E-state index contributed by atoms with van der Waals surface area (Å²) in [4.78, 5) is 13.9. The minimum atomic E-state index is -1.06. The number of halogens is 1. The number of carbonyl (C=O) groups is 1. The third-order valence-corrected chi connectivity index (χ3v) is 1.29. The van der Waals surface area contributed by atoms with Crippen molar-refractivity contribution in [2.45, 2.75) is 0 Å². The number of pyridine rings is 1. The fraction of sp³-hybridized carbons (Fsp3) is 0. The first kappa shape index (κ1) is 10.9. The molecule has 0 aliphatic carbocycles. The summed E-state index contributed by atoms with van der Waals surface area (Å²) in [6, 6.07) is 2.92. The molecule has 11 heavy (non-hydrogen) atoms. The monoisotopic (exact) mass is 181 g/mol. The van der Waals surface area contributed by atoms with E-state index in [1.54, 1.807) is 0 Å². The molecule has 0 fully saturated rings. The molecule has 0 saturated heterocycles. The molecule has 1 N–H and O–H groups in total. The zero-order chi connectivity index (χ0) is 7.56. The minimum absolute atomic E-state index is 0. The molecule has 0 radical (unpaired) electrons. The van der Waals surface area contributed by atoms with E-state index in [1.165, 1.54) is 18.3 Å². The molecule has 0 saturated carbocycles. The van der Waals surface area contributed by atoms with Crippen LogP contribution >= 0.6 is 11.6 Å². The van der Waals surface area contributed by atoms with E-state index >= 15 is 0 Å². The van der Waals surface area contributed by atoms with Gasteiger partial charge in [-0.3, -0.25) is 0 Å². The molecule has 0 amide bonds. The smallest absolute Gasteiger partial charge is 1.00 e. The number of nitrogens with zero attached hydrogens (tertiary/aromatic N) is 1. The predicted molar refractivity (Wildman–Crippen MR) is 37.3 cm³/mol. The summed E-state index contributed by atoms with van der Waals surface area (Å²) in [5.41, 5.74) is 0.0316. The minimum Gasteiger partial charge on any atom is -1.00 e. The first-order valence-corrected chi connectivity index (χ1v) is 2.93. The second-order valence-corrected chi connectivity index (χ2v) is 2.00. The zero-order valence-electron chi connectivity index (χ0n) is 6.91. The summed E-state index contributed by atoms with van der Waals surface area (Å²) in [7, 11) is 0. The quantitative estimate of drug-likeness (QED) is 0.426. The van der Waals surface area contributed by atoms with Gasteiger partial charge in [0.25, 0.3) is 0 Å². The molecular weight excluding hydrogens is 177 g/mol. The molecular formula is C6H5ClNNaO2. The largest absolute Gasteiger partial charge is 1.00 e. The average Bonchev–Trinajstić information content (AvgIpc) is 1.88. The van der Waals surface area contributed by atoms with Crippen molar-refractivity contribution in [3.8, 4) is 0 Å². The van der Waals surface area contributed by atoms with Crippen molar-refractivity contribution >= 4 is 17.6 Å². The van der Waals surface area contributed by atoms with Crippen molar-refractivity contribution in [1.82, 2.24) is 4.98 Å². The van der Waals surface area contributed by atoms with Crippen LogP contribution in [0.5, 0.6) is 0 Å². The summed E-state index contributed by atoms with van der Waals surface area (Å²) in [5, 5.41) is 8.46. The van der Waals surface area contributed by atoms with Crippen LogP contribution in [0.15, 0.2) is 18.3 Å². The van der Waals surface area contributed by atoms with E-state index in [1.807, 2.05) is 0 Å². The van der Waals surface area contributed by atoms with E-state index in [4.69, 9.17) is 16.7 Å². The van der Waals surface area contributed by atoms with Crippen LogP contribution in [0, 0.1) is 0 Å². The van der Waals surface area contributed by atoms with Crippen LogP contribution in [0.25, 0.3) is 0 Å². The zero-order valence-corrected chi connectivity index (χ0v) is 8.67. The van der Waals surface area contributed by atoms with Crippen molar-refractivity contribution in [2.75, 3.05) is 0 Å². The van der Waals surface area contributed by atoms with Gasteiger partial charge in [-0.15, -0.1) is 0 Å². The SMILES string of the molecule is O=C(O)c1cccnc1Cl.[H-].[Na+]. The molecule has 0 atom stereocenters. The van der Waals surface area contributed by atoms with Crippen molar-refractivity contribution < 1.29 is 40.9 Å². The standard InChI is InChI=1S/C6H4ClNO2.Na.H/c7-5-4(6(9)10)2-1-3-8-5;;/h1-3H,(H,9,10);;/q;+1;-1. The fourth-order valence-corrected chi connectivity index (χ4v) is 0.746. The Morgan fingerprint density at radius 2 is 2.36 bits per heavy atom. The van der Waals surface area contributed by atoms with Crippen LogP contribution < -0.4 is 29.6 Å². The Morgan fingerprint density at radius 1 is 1.73 bits per heavy atom. The van der Waals surface area contributed by atoms with Gasteiger partial charge < -0.3 is 6.53 Å². The van der Waals surface area contributed by atoms with Crippen LogP contribution in [0.2, 0.25) is 5.15 Å². The van der Waals surface area contributed by atoms with Gasteiger partial charge in [0.15, 0.2) is 0 Å². The molecule has 0 unspecified atom stereocenters. The van der Waals surface area contributed by atoms with Gasteiger partial charge in [0.1, 0.15) is 5.15 Å². The van der Waals surface area contributed by atoms with Crippen LogP contribution in [0.4, 0.5) is 0 Å². The molecule has 1 rings (SSSR count). The van der Waals surface area contributed by atoms with Crippen LogP contribution in [0.3, 0.4) is 0 Å². The Bertz CT molecular complexity index is 271. The Balaban J connectivity index is 0. The summed E-state index contributed by atoms with van der Waals surface area (Å²) in [6.45, 7) is 0. The summed E-state index contributed by atoms with van der Waals surface area (Å²) in [6.07, 6.45) is 1.44. The second kappa shape index (κ2) is 4.72. The summed E-state index contributed by atoms with van der Waals surface area (Å²) < 4.78 is 0. The summed E-state index contributed by atoms with van der Waals surface area (Å²) in [5.74, 6) is -1.06. The third kappa shape index (κ3) is 2.79. The van der Waals surface area contributed by atoms with E-state index in [2.05, 4.69) is 4.98 Å². The summed E-state index contributed by atoms with van der Waals surface area (Å²) >= 11 is 5.43. The maximum atomic E-state index is 10.3. The first-order valence-electron chi connectivity index (χ1n) is 2.55. The van der Waals surface area contributed by atoms with Crippen LogP contribution in [-0.2, 0) is 0 Å². The number of aromatic carboxylic acids is 1. The van der Waals surface area contributed by atoms with Crippen molar-refractivity contribution in [2.24, 2.45) is 0 Å². The molecule has 0 bridgehead atoms. The molecule has 1 aromatic rings. The number of aromatic nitrogens is 1. The van der Waals surface area contributed by atoms with Gasteiger partial charge in [-0.05, 0) is 12.1 Å². The number of carboxylic acid groups (broad SMARTS) is 1. The molecule has 0 aromatic carbocycles. The molecule has 3 nitrogen and oxygen atoms in total. The molecule has 54 valence electrons. The fourth-order valence-electron chi connectivity index (χ4n) is 0.546. The Labute approximate surface area is 92.2 Å². The number of hydrogen-bond acceptors (Lipinski definition) is 2. The number of carboxylic acids is 1. The molecule has 1 aromatic heterocycles. The van der Waals surface area contributed by atoms with Gasteiger partial charge in [-0.25, -0.2) is 9.78 Å². The number of rotatable bonds is 1. The van der Waals surface area contributed by atoms with Crippen LogP contribution in [0.1, 0.15) is 11.8 Å². The maximum Gasteiger partial charge on any atom is 1.00 e. The topological polar surface area (TPSA) is 50.2 Å². The van der Waals surface area contributed by atoms with Gasteiger partial charge in [-0.1, -0.05) is 11.6 Å². The van der Waals surface area contributed by atoms with E-state index in [9.17, 15) is 4.79 Å². The average molecular weight is 182 g/mol. The Kier molecular flexibility index (Phi) is 4.68. The first-order chi connectivity index (χ1) is 4.72. The van der Waals surface area contributed by atoms with E-state index in [0.717, 1.165) is 0 Å². The van der Waals surface area contributed by atoms with Gasteiger partial charge >= 0.3 is 35.5 Å². The Hall–Kier alpha value is -0.0900. The van der Waals surface area contributed by atoms with Gasteiger partial charge in [0.05, 0.1) is 5.56 Å². The molecule has 5 heteroatoms.